The summed E-state index contributed by atoms with van der Waals surface area (Å²) < 4.78 is 1.80. The molecule has 5 nitrogen and oxygen atoms in total. The van der Waals surface area contributed by atoms with Crippen LogP contribution in [0.25, 0.3) is 11.4 Å². The first-order valence-electron chi connectivity index (χ1n) is 7.34. The van der Waals surface area contributed by atoms with Gasteiger partial charge in [-0.3, -0.25) is 4.79 Å². The molecule has 0 bridgehead atoms. The molecule has 24 heavy (non-hydrogen) atoms. The first-order chi connectivity index (χ1) is 11.5. The van der Waals surface area contributed by atoms with Gasteiger partial charge in [-0.15, -0.1) is 0 Å². The first-order valence-corrected chi connectivity index (χ1v) is 7.72. The van der Waals surface area contributed by atoms with E-state index in [0.717, 1.165) is 11.1 Å². The van der Waals surface area contributed by atoms with Gasteiger partial charge in [-0.25, -0.2) is 4.98 Å². The van der Waals surface area contributed by atoms with Crippen molar-refractivity contribution in [1.29, 1.82) is 0 Å². The van der Waals surface area contributed by atoms with Crippen molar-refractivity contribution in [1.82, 2.24) is 9.55 Å². The van der Waals surface area contributed by atoms with E-state index in [2.05, 4.69) is 4.98 Å². The molecule has 3 rings (SSSR count). The summed E-state index contributed by atoms with van der Waals surface area (Å²) in [6.45, 7) is 0.458. The SMILES string of the molecule is O=C(O)Cc1c(Cl)nc(-c2ccc(O)cc2)n1Cc1ccccc1. The third kappa shape index (κ3) is 3.41. The topological polar surface area (TPSA) is 75.3 Å². The highest BCUT2D eigenvalue weighted by Gasteiger charge is 2.19. The summed E-state index contributed by atoms with van der Waals surface area (Å²) in [5.41, 5.74) is 2.22. The summed E-state index contributed by atoms with van der Waals surface area (Å²) >= 11 is 6.20. The molecule has 2 aromatic carbocycles. The molecule has 1 aromatic heterocycles. The van der Waals surface area contributed by atoms with E-state index in [0.29, 0.717) is 18.1 Å². The Hall–Kier alpha value is -2.79. The van der Waals surface area contributed by atoms with Crippen LogP contribution in [0.3, 0.4) is 0 Å². The van der Waals surface area contributed by atoms with Crippen molar-refractivity contribution in [2.45, 2.75) is 13.0 Å². The fraction of sp³-hybridized carbons (Fsp3) is 0.111. The highest BCUT2D eigenvalue weighted by Crippen LogP contribution is 2.28. The van der Waals surface area contributed by atoms with E-state index in [1.807, 2.05) is 30.3 Å². The number of imidazole rings is 1. The average Bonchev–Trinajstić information content (AvgIpc) is 2.85. The van der Waals surface area contributed by atoms with Gasteiger partial charge in [-0.1, -0.05) is 41.9 Å². The second-order valence-electron chi connectivity index (χ2n) is 5.36. The second kappa shape index (κ2) is 6.76. The molecular formula is C18H15ClN2O3. The standard InChI is InChI=1S/C18H15ClN2O3/c19-17-15(10-16(23)24)21(11-12-4-2-1-3-5-12)18(20-17)13-6-8-14(22)9-7-13/h1-9,22H,10-11H2,(H,23,24). The van der Waals surface area contributed by atoms with Crippen molar-refractivity contribution in [2.24, 2.45) is 0 Å². The second-order valence-corrected chi connectivity index (χ2v) is 5.72. The minimum absolute atomic E-state index is 0.150. The molecule has 0 saturated heterocycles. The predicted octanol–water partition coefficient (Wildman–Crippen LogP) is 3.58. The number of carboxylic acid groups (broad SMARTS) is 1. The van der Waals surface area contributed by atoms with E-state index in [9.17, 15) is 9.90 Å². The lowest BCUT2D eigenvalue weighted by Gasteiger charge is -2.12. The van der Waals surface area contributed by atoms with Crippen LogP contribution in [0.2, 0.25) is 5.15 Å². The van der Waals surface area contributed by atoms with Crippen LogP contribution >= 0.6 is 11.6 Å². The Bertz CT molecular complexity index is 858. The third-order valence-electron chi connectivity index (χ3n) is 3.65. The van der Waals surface area contributed by atoms with E-state index < -0.39 is 5.97 Å². The van der Waals surface area contributed by atoms with Crippen LogP contribution < -0.4 is 0 Å². The molecule has 0 amide bonds. The Morgan fingerprint density at radius 3 is 2.38 bits per heavy atom. The Labute approximate surface area is 143 Å². The maximum absolute atomic E-state index is 11.2. The highest BCUT2D eigenvalue weighted by atomic mass is 35.5. The number of carbonyl (C=O) groups is 1. The number of phenolic OH excluding ortho intramolecular Hbond substituents is 1. The zero-order valence-electron chi connectivity index (χ0n) is 12.7. The van der Waals surface area contributed by atoms with Crippen molar-refractivity contribution in [3.05, 3.63) is 71.0 Å². The maximum Gasteiger partial charge on any atom is 0.309 e. The Morgan fingerprint density at radius 2 is 1.75 bits per heavy atom. The van der Waals surface area contributed by atoms with Crippen LogP contribution in [0.15, 0.2) is 54.6 Å². The van der Waals surface area contributed by atoms with Crippen molar-refractivity contribution >= 4 is 17.6 Å². The van der Waals surface area contributed by atoms with Crippen LogP contribution in [0.5, 0.6) is 5.75 Å². The van der Waals surface area contributed by atoms with Crippen molar-refractivity contribution < 1.29 is 15.0 Å². The van der Waals surface area contributed by atoms with E-state index in [-0.39, 0.29) is 17.3 Å². The monoisotopic (exact) mass is 342 g/mol. The zero-order valence-corrected chi connectivity index (χ0v) is 13.4. The van der Waals surface area contributed by atoms with Crippen LogP contribution in [0.4, 0.5) is 0 Å². The van der Waals surface area contributed by atoms with Crippen LogP contribution in [-0.2, 0) is 17.8 Å². The number of halogens is 1. The molecule has 0 unspecified atom stereocenters. The van der Waals surface area contributed by atoms with E-state index in [1.165, 1.54) is 0 Å². The number of hydrogen-bond acceptors (Lipinski definition) is 3. The van der Waals surface area contributed by atoms with Crippen LogP contribution in [0.1, 0.15) is 11.3 Å². The molecule has 6 heteroatoms. The molecule has 1 heterocycles. The molecule has 2 N–H and O–H groups in total. The molecular weight excluding hydrogens is 328 g/mol. The minimum Gasteiger partial charge on any atom is -0.508 e. The number of aromatic hydroxyl groups is 1. The van der Waals surface area contributed by atoms with Crippen LogP contribution in [0, 0.1) is 0 Å². The number of rotatable bonds is 5. The summed E-state index contributed by atoms with van der Waals surface area (Å²) in [5, 5.41) is 18.8. The summed E-state index contributed by atoms with van der Waals surface area (Å²) in [6, 6.07) is 16.2. The Morgan fingerprint density at radius 1 is 1.08 bits per heavy atom. The maximum atomic E-state index is 11.2. The Kier molecular flexibility index (Phi) is 4.53. The van der Waals surface area contributed by atoms with Gasteiger partial charge < -0.3 is 14.8 Å². The molecule has 0 saturated carbocycles. The van der Waals surface area contributed by atoms with Gasteiger partial charge in [0.2, 0.25) is 0 Å². The lowest BCUT2D eigenvalue weighted by molar-refractivity contribution is -0.136. The lowest BCUT2D eigenvalue weighted by Crippen LogP contribution is -2.10. The predicted molar refractivity (Wildman–Crippen MR) is 91.2 cm³/mol. The molecule has 0 aliphatic rings. The fourth-order valence-electron chi connectivity index (χ4n) is 2.54. The van der Waals surface area contributed by atoms with E-state index >= 15 is 0 Å². The number of benzene rings is 2. The number of nitrogens with zero attached hydrogens (tertiary/aromatic N) is 2. The number of hydrogen-bond donors (Lipinski definition) is 2. The molecule has 3 aromatic rings. The van der Waals surface area contributed by atoms with Gasteiger partial charge in [0.05, 0.1) is 12.1 Å². The molecule has 0 fully saturated rings. The van der Waals surface area contributed by atoms with Gasteiger partial charge in [0.1, 0.15) is 11.6 Å². The summed E-state index contributed by atoms with van der Waals surface area (Å²) in [6.07, 6.45) is -0.212. The summed E-state index contributed by atoms with van der Waals surface area (Å²) in [5.74, 6) is -0.250. The van der Waals surface area contributed by atoms with Gasteiger partial charge in [-0.2, -0.15) is 0 Å². The van der Waals surface area contributed by atoms with Crippen molar-refractivity contribution in [3.63, 3.8) is 0 Å². The van der Waals surface area contributed by atoms with Gasteiger partial charge in [0.15, 0.2) is 5.15 Å². The van der Waals surface area contributed by atoms with E-state index in [1.54, 1.807) is 28.8 Å². The van der Waals surface area contributed by atoms with Crippen LogP contribution in [-0.4, -0.2) is 25.7 Å². The van der Waals surface area contributed by atoms with Crippen molar-refractivity contribution in [2.75, 3.05) is 0 Å². The molecule has 0 aliphatic heterocycles. The summed E-state index contributed by atoms with van der Waals surface area (Å²) in [7, 11) is 0. The zero-order chi connectivity index (χ0) is 17.1. The van der Waals surface area contributed by atoms with Gasteiger partial charge in [-0.05, 0) is 29.8 Å². The molecule has 0 spiro atoms. The number of aliphatic carboxylic acids is 1. The Balaban J connectivity index is 2.10. The number of aromatic nitrogens is 2. The first kappa shape index (κ1) is 16.1. The molecule has 122 valence electrons. The quantitative estimate of drug-likeness (QED) is 0.743. The normalized spacial score (nSPS) is 10.7. The van der Waals surface area contributed by atoms with Gasteiger partial charge in [0.25, 0.3) is 0 Å². The van der Waals surface area contributed by atoms with E-state index in [4.69, 9.17) is 16.7 Å². The number of carboxylic acids is 1. The van der Waals surface area contributed by atoms with Gasteiger partial charge >= 0.3 is 5.97 Å². The average molecular weight is 343 g/mol. The smallest absolute Gasteiger partial charge is 0.309 e. The minimum atomic E-state index is -0.969. The fourth-order valence-corrected chi connectivity index (χ4v) is 2.78. The lowest BCUT2D eigenvalue weighted by atomic mass is 10.1. The highest BCUT2D eigenvalue weighted by molar-refractivity contribution is 6.30. The molecule has 0 aliphatic carbocycles. The third-order valence-corrected chi connectivity index (χ3v) is 3.95. The summed E-state index contributed by atoms with van der Waals surface area (Å²) in [4.78, 5) is 15.5. The largest absolute Gasteiger partial charge is 0.508 e. The van der Waals surface area contributed by atoms with Crippen molar-refractivity contribution in [3.8, 4) is 17.1 Å². The number of phenols is 1. The molecule has 0 radical (unpaired) electrons. The van der Waals surface area contributed by atoms with Gasteiger partial charge in [0, 0.05) is 12.1 Å². The molecule has 0 atom stereocenters.